The summed E-state index contributed by atoms with van der Waals surface area (Å²) in [7, 11) is 0. The van der Waals surface area contributed by atoms with E-state index in [4.69, 9.17) is 5.73 Å². The molecule has 0 unspecified atom stereocenters. The largest absolute Gasteiger partial charge is 0.342 e. The molecule has 0 saturated carbocycles. The highest BCUT2D eigenvalue weighted by molar-refractivity contribution is 7.09. The number of nitrogens with two attached hydrogens (primary N) is 1. The Morgan fingerprint density at radius 2 is 2.00 bits per heavy atom. The van der Waals surface area contributed by atoms with Crippen molar-refractivity contribution in [1.29, 1.82) is 0 Å². The second kappa shape index (κ2) is 7.36. The van der Waals surface area contributed by atoms with Gasteiger partial charge in [-0.25, -0.2) is 4.98 Å². The normalized spacial score (nSPS) is 11.0. The average Bonchev–Trinajstić information content (AvgIpc) is 2.94. The Balaban J connectivity index is 2.13. The van der Waals surface area contributed by atoms with Crippen LogP contribution in [0.15, 0.2) is 30.3 Å². The van der Waals surface area contributed by atoms with Crippen molar-refractivity contribution in [1.82, 2.24) is 9.36 Å². The van der Waals surface area contributed by atoms with E-state index in [1.54, 1.807) is 0 Å². The lowest BCUT2D eigenvalue weighted by molar-refractivity contribution is 0.725. The van der Waals surface area contributed by atoms with Crippen LogP contribution in [0.1, 0.15) is 37.6 Å². The van der Waals surface area contributed by atoms with Gasteiger partial charge in [0.15, 0.2) is 0 Å². The molecule has 0 spiro atoms. The third kappa shape index (κ3) is 4.02. The summed E-state index contributed by atoms with van der Waals surface area (Å²) >= 11 is 1.48. The highest BCUT2D eigenvalue weighted by Crippen LogP contribution is 2.23. The van der Waals surface area contributed by atoms with Crippen LogP contribution in [0.2, 0.25) is 0 Å². The molecule has 4 nitrogen and oxygen atoms in total. The standard InChI is InChI=1S/C15H22N4S/c1-12(2)14-17-15(20-18-14)19(10-6-9-16)11-13-7-4-3-5-8-13/h3-5,7-8,12H,6,9-11,16H2,1-2H3. The van der Waals surface area contributed by atoms with E-state index in [1.807, 2.05) is 6.07 Å². The maximum absolute atomic E-state index is 5.64. The topological polar surface area (TPSA) is 55.0 Å². The van der Waals surface area contributed by atoms with Crippen molar-refractivity contribution in [2.24, 2.45) is 5.73 Å². The van der Waals surface area contributed by atoms with E-state index >= 15 is 0 Å². The van der Waals surface area contributed by atoms with Gasteiger partial charge in [0.25, 0.3) is 0 Å². The molecule has 20 heavy (non-hydrogen) atoms. The minimum absolute atomic E-state index is 0.369. The van der Waals surface area contributed by atoms with Gasteiger partial charge in [-0.1, -0.05) is 44.2 Å². The van der Waals surface area contributed by atoms with E-state index < -0.39 is 0 Å². The number of hydrogen-bond acceptors (Lipinski definition) is 5. The van der Waals surface area contributed by atoms with Crippen molar-refractivity contribution < 1.29 is 0 Å². The van der Waals surface area contributed by atoms with E-state index in [0.29, 0.717) is 12.5 Å². The summed E-state index contributed by atoms with van der Waals surface area (Å²) in [5.41, 5.74) is 6.93. The van der Waals surface area contributed by atoms with Gasteiger partial charge < -0.3 is 10.6 Å². The van der Waals surface area contributed by atoms with Crippen LogP contribution in [0.5, 0.6) is 0 Å². The predicted molar refractivity (Wildman–Crippen MR) is 85.2 cm³/mol. The van der Waals surface area contributed by atoms with Gasteiger partial charge in [-0.3, -0.25) is 0 Å². The Labute approximate surface area is 124 Å². The molecule has 0 aliphatic carbocycles. The van der Waals surface area contributed by atoms with Crippen molar-refractivity contribution >= 4 is 16.7 Å². The summed E-state index contributed by atoms with van der Waals surface area (Å²) in [4.78, 5) is 6.92. The predicted octanol–water partition coefficient (Wildman–Crippen LogP) is 3.02. The number of aromatic nitrogens is 2. The van der Waals surface area contributed by atoms with E-state index in [1.165, 1.54) is 17.1 Å². The average molecular weight is 290 g/mol. The SMILES string of the molecule is CC(C)c1nsc(N(CCCN)Cc2ccccc2)n1. The molecule has 0 fully saturated rings. The van der Waals surface area contributed by atoms with Crippen molar-refractivity contribution in [3.8, 4) is 0 Å². The van der Waals surface area contributed by atoms with Gasteiger partial charge in [0, 0.05) is 30.5 Å². The fraction of sp³-hybridized carbons (Fsp3) is 0.467. The molecule has 0 atom stereocenters. The zero-order chi connectivity index (χ0) is 14.4. The van der Waals surface area contributed by atoms with E-state index in [0.717, 1.165) is 30.5 Å². The van der Waals surface area contributed by atoms with Gasteiger partial charge in [0.2, 0.25) is 5.13 Å². The molecule has 108 valence electrons. The van der Waals surface area contributed by atoms with E-state index in [2.05, 4.69) is 52.4 Å². The van der Waals surface area contributed by atoms with Gasteiger partial charge in [-0.05, 0) is 18.5 Å². The van der Waals surface area contributed by atoms with Gasteiger partial charge in [-0.15, -0.1) is 0 Å². The molecule has 2 rings (SSSR count). The lowest BCUT2D eigenvalue weighted by atomic mass is 10.2. The summed E-state index contributed by atoms with van der Waals surface area (Å²) in [6, 6.07) is 10.4. The molecule has 2 aromatic rings. The van der Waals surface area contributed by atoms with Crippen LogP contribution in [-0.2, 0) is 6.54 Å². The Bertz CT molecular complexity index is 510. The van der Waals surface area contributed by atoms with Crippen LogP contribution in [0, 0.1) is 0 Å². The van der Waals surface area contributed by atoms with Crippen LogP contribution in [0.3, 0.4) is 0 Å². The number of nitrogens with zero attached hydrogens (tertiary/aromatic N) is 3. The summed E-state index contributed by atoms with van der Waals surface area (Å²) in [5.74, 6) is 1.30. The zero-order valence-electron chi connectivity index (χ0n) is 12.1. The first-order valence-electron chi connectivity index (χ1n) is 7.03. The van der Waals surface area contributed by atoms with Crippen molar-refractivity contribution in [2.45, 2.75) is 32.7 Å². The second-order valence-electron chi connectivity index (χ2n) is 5.14. The van der Waals surface area contributed by atoms with Gasteiger partial charge in [0.1, 0.15) is 5.82 Å². The first-order chi connectivity index (χ1) is 9.70. The number of anilines is 1. The van der Waals surface area contributed by atoms with Crippen LogP contribution in [-0.4, -0.2) is 22.4 Å². The molecule has 5 heteroatoms. The van der Waals surface area contributed by atoms with Gasteiger partial charge in [0.05, 0.1) is 0 Å². The van der Waals surface area contributed by atoms with Gasteiger partial charge >= 0.3 is 0 Å². The summed E-state index contributed by atoms with van der Waals surface area (Å²) in [6.45, 7) is 6.70. The fourth-order valence-corrected chi connectivity index (χ4v) is 2.75. The first-order valence-corrected chi connectivity index (χ1v) is 7.80. The Morgan fingerprint density at radius 1 is 1.25 bits per heavy atom. The summed E-state index contributed by atoms with van der Waals surface area (Å²) in [6.07, 6.45) is 0.962. The summed E-state index contributed by atoms with van der Waals surface area (Å²) < 4.78 is 4.44. The Morgan fingerprint density at radius 3 is 2.60 bits per heavy atom. The summed E-state index contributed by atoms with van der Waals surface area (Å²) in [5, 5.41) is 0.992. The third-order valence-corrected chi connectivity index (χ3v) is 3.86. The zero-order valence-corrected chi connectivity index (χ0v) is 12.9. The number of rotatable bonds is 7. The number of hydrogen-bond donors (Lipinski definition) is 1. The van der Waals surface area contributed by atoms with E-state index in [-0.39, 0.29) is 0 Å². The van der Waals surface area contributed by atoms with Crippen LogP contribution in [0.4, 0.5) is 5.13 Å². The van der Waals surface area contributed by atoms with Crippen LogP contribution >= 0.6 is 11.5 Å². The molecule has 0 aliphatic rings. The first kappa shape index (κ1) is 14.9. The van der Waals surface area contributed by atoms with Crippen LogP contribution < -0.4 is 10.6 Å². The molecule has 1 aromatic carbocycles. The third-order valence-electron chi connectivity index (χ3n) is 3.07. The lowest BCUT2D eigenvalue weighted by Crippen LogP contribution is -2.25. The molecule has 1 aromatic heterocycles. The monoisotopic (exact) mass is 290 g/mol. The lowest BCUT2D eigenvalue weighted by Gasteiger charge is -2.21. The highest BCUT2D eigenvalue weighted by atomic mass is 32.1. The molecule has 0 amide bonds. The van der Waals surface area contributed by atoms with Crippen LogP contribution in [0.25, 0.3) is 0 Å². The van der Waals surface area contributed by atoms with Crippen molar-refractivity contribution in [2.75, 3.05) is 18.0 Å². The highest BCUT2D eigenvalue weighted by Gasteiger charge is 2.14. The Kier molecular flexibility index (Phi) is 5.49. The van der Waals surface area contributed by atoms with Crippen molar-refractivity contribution in [3.05, 3.63) is 41.7 Å². The second-order valence-corrected chi connectivity index (χ2v) is 5.87. The van der Waals surface area contributed by atoms with E-state index in [9.17, 15) is 0 Å². The maximum atomic E-state index is 5.64. The molecule has 0 radical (unpaired) electrons. The minimum Gasteiger partial charge on any atom is -0.342 e. The molecular formula is C15H22N4S. The molecule has 0 bridgehead atoms. The minimum atomic E-state index is 0.369. The maximum Gasteiger partial charge on any atom is 0.205 e. The Hall–Kier alpha value is -1.46. The quantitative estimate of drug-likeness (QED) is 0.851. The van der Waals surface area contributed by atoms with Gasteiger partial charge in [-0.2, -0.15) is 4.37 Å². The van der Waals surface area contributed by atoms with Crippen molar-refractivity contribution in [3.63, 3.8) is 0 Å². The fourth-order valence-electron chi connectivity index (χ4n) is 1.92. The molecular weight excluding hydrogens is 268 g/mol. The molecule has 0 aliphatic heterocycles. The number of benzene rings is 1. The molecule has 2 N–H and O–H groups in total. The smallest absolute Gasteiger partial charge is 0.205 e. The molecule has 1 heterocycles. The molecule has 0 saturated heterocycles.